The van der Waals surface area contributed by atoms with Crippen LogP contribution in [0.3, 0.4) is 0 Å². The molecule has 0 heterocycles. The minimum absolute atomic E-state index is 0.215. The minimum atomic E-state index is -0.803. The van der Waals surface area contributed by atoms with Crippen molar-refractivity contribution in [2.45, 2.75) is 72.3 Å². The van der Waals surface area contributed by atoms with Crippen molar-refractivity contribution < 1.29 is 9.53 Å². The Morgan fingerprint density at radius 2 is 1.93 bits per heavy atom. The number of nitrogens with two attached hydrogens (primary N) is 1. The molecule has 0 radical (unpaired) electrons. The molecule has 0 bridgehead atoms. The van der Waals surface area contributed by atoms with Crippen LogP contribution in [0, 0.1) is 23.2 Å². The van der Waals surface area contributed by atoms with Gasteiger partial charge in [-0.1, -0.05) is 57.8 Å². The van der Waals surface area contributed by atoms with Gasteiger partial charge < -0.3 is 10.5 Å². The summed E-state index contributed by atoms with van der Waals surface area (Å²) in [5, 5.41) is 0.733. The Hall–Kier alpha value is -1.06. The molecule has 152 valence electrons. The molecule has 1 aromatic rings. The lowest BCUT2D eigenvalue weighted by molar-refractivity contribution is -0.153. The molecule has 1 aromatic carbocycles. The molecule has 0 saturated heterocycles. The first kappa shape index (κ1) is 22.2. The van der Waals surface area contributed by atoms with Gasteiger partial charge in [-0.3, -0.25) is 4.79 Å². The van der Waals surface area contributed by atoms with E-state index in [4.69, 9.17) is 22.1 Å². The number of rotatable bonds is 7. The second-order valence-electron chi connectivity index (χ2n) is 9.66. The summed E-state index contributed by atoms with van der Waals surface area (Å²) >= 11 is 6.58. The van der Waals surface area contributed by atoms with Gasteiger partial charge in [-0.05, 0) is 67.1 Å². The van der Waals surface area contributed by atoms with E-state index in [1.54, 1.807) is 0 Å². The van der Waals surface area contributed by atoms with Gasteiger partial charge in [0.05, 0.1) is 18.6 Å². The summed E-state index contributed by atoms with van der Waals surface area (Å²) in [6.45, 7) is 10.8. The Morgan fingerprint density at radius 1 is 1.30 bits per heavy atom. The van der Waals surface area contributed by atoms with Crippen molar-refractivity contribution in [3.8, 4) is 0 Å². The minimum Gasteiger partial charge on any atom is -0.469 e. The van der Waals surface area contributed by atoms with Crippen molar-refractivity contribution in [2.75, 3.05) is 7.11 Å². The number of ether oxygens (including phenoxy) is 1. The number of halogens is 1. The Labute approximate surface area is 170 Å². The van der Waals surface area contributed by atoms with E-state index in [-0.39, 0.29) is 23.2 Å². The highest BCUT2D eigenvalue weighted by Crippen LogP contribution is 2.47. The monoisotopic (exact) mass is 393 g/mol. The molecular weight excluding hydrogens is 358 g/mol. The van der Waals surface area contributed by atoms with E-state index in [0.29, 0.717) is 5.92 Å². The Morgan fingerprint density at radius 3 is 2.41 bits per heavy atom. The van der Waals surface area contributed by atoms with Crippen LogP contribution < -0.4 is 5.73 Å². The number of hydrogen-bond donors (Lipinski definition) is 1. The molecule has 2 atom stereocenters. The molecule has 1 aliphatic rings. The summed E-state index contributed by atoms with van der Waals surface area (Å²) in [6.07, 6.45) is 5.24. The summed E-state index contributed by atoms with van der Waals surface area (Å²) in [5.41, 5.74) is 8.26. The third-order valence-electron chi connectivity index (χ3n) is 6.24. The van der Waals surface area contributed by atoms with Crippen LogP contribution in [0.1, 0.15) is 71.4 Å². The molecular formula is C23H36ClNO2. The Bertz CT molecular complexity index is 657. The summed E-state index contributed by atoms with van der Waals surface area (Å²) in [4.78, 5) is 12.6. The van der Waals surface area contributed by atoms with Crippen LogP contribution in [0.5, 0.6) is 0 Å². The van der Waals surface area contributed by atoms with Crippen LogP contribution in [0.2, 0.25) is 5.02 Å². The standard InChI is InChI=1S/C23H36ClNO2/c1-7-15-12-17(13-15)20(21(26)27-6)23(5,25)18-9-8-16(19(24)14-18)10-11-22(2,3)4/h8-9,14-15,17,20H,7,10-13,25H2,1-6H3/t15?,17?,20?,23-/m0/s1. The maximum Gasteiger partial charge on any atom is 0.311 e. The lowest BCUT2D eigenvalue weighted by Gasteiger charge is -2.45. The molecule has 1 saturated carbocycles. The van der Waals surface area contributed by atoms with E-state index < -0.39 is 5.54 Å². The third-order valence-corrected chi connectivity index (χ3v) is 6.59. The summed E-state index contributed by atoms with van der Waals surface area (Å²) in [5.74, 6) is 0.410. The molecule has 2 N–H and O–H groups in total. The van der Waals surface area contributed by atoms with Crippen molar-refractivity contribution in [3.63, 3.8) is 0 Å². The lowest BCUT2D eigenvalue weighted by Crippen LogP contribution is -2.52. The van der Waals surface area contributed by atoms with Crippen LogP contribution in [-0.2, 0) is 21.5 Å². The van der Waals surface area contributed by atoms with Crippen LogP contribution in [0.4, 0.5) is 0 Å². The zero-order chi connectivity index (χ0) is 20.4. The van der Waals surface area contributed by atoms with E-state index in [9.17, 15) is 4.79 Å². The highest BCUT2D eigenvalue weighted by atomic mass is 35.5. The maximum atomic E-state index is 12.6. The van der Waals surface area contributed by atoms with Gasteiger partial charge >= 0.3 is 5.97 Å². The molecule has 1 fully saturated rings. The second-order valence-corrected chi connectivity index (χ2v) is 10.1. The molecule has 3 nitrogen and oxygen atoms in total. The van der Waals surface area contributed by atoms with E-state index >= 15 is 0 Å². The molecule has 0 aromatic heterocycles. The summed E-state index contributed by atoms with van der Waals surface area (Å²) < 4.78 is 5.12. The smallest absolute Gasteiger partial charge is 0.311 e. The molecule has 1 aliphatic carbocycles. The topological polar surface area (TPSA) is 52.3 Å². The van der Waals surface area contributed by atoms with Gasteiger partial charge in [0.2, 0.25) is 0 Å². The Kier molecular flexibility index (Phi) is 7.02. The number of methoxy groups -OCH3 is 1. The molecule has 27 heavy (non-hydrogen) atoms. The van der Waals surface area contributed by atoms with Gasteiger partial charge in [0.15, 0.2) is 0 Å². The van der Waals surface area contributed by atoms with E-state index in [0.717, 1.165) is 48.3 Å². The summed E-state index contributed by atoms with van der Waals surface area (Å²) in [7, 11) is 1.45. The van der Waals surface area contributed by atoms with E-state index in [2.05, 4.69) is 33.8 Å². The van der Waals surface area contributed by atoms with Crippen LogP contribution in [-0.4, -0.2) is 13.1 Å². The van der Waals surface area contributed by atoms with Crippen LogP contribution in [0.25, 0.3) is 0 Å². The van der Waals surface area contributed by atoms with Gasteiger partial charge in [0.1, 0.15) is 0 Å². The van der Waals surface area contributed by atoms with E-state index in [1.807, 2.05) is 19.1 Å². The van der Waals surface area contributed by atoms with Crippen molar-refractivity contribution in [1.82, 2.24) is 0 Å². The van der Waals surface area contributed by atoms with Crippen molar-refractivity contribution in [2.24, 2.45) is 28.9 Å². The Balaban J connectivity index is 2.24. The zero-order valence-corrected chi connectivity index (χ0v) is 18.5. The van der Waals surface area contributed by atoms with Gasteiger partial charge in [-0.15, -0.1) is 0 Å². The fourth-order valence-electron chi connectivity index (χ4n) is 4.22. The number of carbonyl (C=O) groups is 1. The number of hydrogen-bond acceptors (Lipinski definition) is 3. The van der Waals surface area contributed by atoms with Gasteiger partial charge in [-0.2, -0.15) is 0 Å². The number of esters is 1. The fraction of sp³-hybridized carbons (Fsp3) is 0.696. The SMILES string of the molecule is CCC1CC(C(C(=O)OC)[C@@](C)(N)c2ccc(CCC(C)(C)C)c(Cl)c2)C1. The predicted molar refractivity (Wildman–Crippen MR) is 113 cm³/mol. The largest absolute Gasteiger partial charge is 0.469 e. The van der Waals surface area contributed by atoms with Crippen LogP contribution >= 0.6 is 11.6 Å². The normalized spacial score (nSPS) is 23.3. The van der Waals surface area contributed by atoms with Crippen LogP contribution in [0.15, 0.2) is 18.2 Å². The quantitative estimate of drug-likeness (QED) is 0.603. The molecule has 2 rings (SSSR count). The molecule has 0 aliphatic heterocycles. The summed E-state index contributed by atoms with van der Waals surface area (Å²) in [6, 6.07) is 6.06. The molecule has 0 spiro atoms. The van der Waals surface area contributed by atoms with E-state index in [1.165, 1.54) is 7.11 Å². The fourth-order valence-corrected chi connectivity index (χ4v) is 4.50. The number of aryl methyl sites for hydroxylation is 1. The number of carbonyl (C=O) groups excluding carboxylic acids is 1. The van der Waals surface area contributed by atoms with Crippen molar-refractivity contribution >= 4 is 17.6 Å². The highest BCUT2D eigenvalue weighted by molar-refractivity contribution is 6.31. The highest BCUT2D eigenvalue weighted by Gasteiger charge is 2.47. The predicted octanol–water partition coefficient (Wildman–Crippen LogP) is 5.72. The van der Waals surface area contributed by atoms with Gasteiger partial charge in [0.25, 0.3) is 0 Å². The first-order valence-corrected chi connectivity index (χ1v) is 10.5. The lowest BCUT2D eigenvalue weighted by atomic mass is 9.61. The molecule has 0 amide bonds. The first-order chi connectivity index (χ1) is 12.5. The zero-order valence-electron chi connectivity index (χ0n) is 17.8. The number of benzene rings is 1. The second kappa shape index (κ2) is 8.53. The maximum absolute atomic E-state index is 12.6. The average Bonchev–Trinajstić information content (AvgIpc) is 2.54. The van der Waals surface area contributed by atoms with Gasteiger partial charge in [-0.25, -0.2) is 0 Å². The first-order valence-electron chi connectivity index (χ1n) is 10.1. The van der Waals surface area contributed by atoms with Crippen molar-refractivity contribution in [3.05, 3.63) is 34.3 Å². The average molecular weight is 394 g/mol. The third kappa shape index (κ3) is 5.26. The molecule has 1 unspecified atom stereocenters. The van der Waals surface area contributed by atoms with Gasteiger partial charge in [0, 0.05) is 5.02 Å². The van der Waals surface area contributed by atoms with Crippen molar-refractivity contribution in [1.29, 1.82) is 0 Å². The molecule has 4 heteroatoms.